The van der Waals surface area contributed by atoms with Gasteiger partial charge in [0.25, 0.3) is 0 Å². The zero-order chi connectivity index (χ0) is 26.0. The van der Waals surface area contributed by atoms with E-state index in [2.05, 4.69) is 15.6 Å². The molecule has 0 bridgehead atoms. The van der Waals surface area contributed by atoms with Crippen molar-refractivity contribution < 1.29 is 23.1 Å². The molecule has 1 atom stereocenters. The first-order chi connectivity index (χ1) is 18.0. The van der Waals surface area contributed by atoms with Crippen LogP contribution in [0.15, 0.2) is 73.1 Å². The van der Waals surface area contributed by atoms with E-state index in [1.165, 1.54) is 17.0 Å². The van der Waals surface area contributed by atoms with Gasteiger partial charge in [-0.1, -0.05) is 30.3 Å². The fraction of sp³-hybridized carbons (Fsp3) is 0.250. The fourth-order valence-electron chi connectivity index (χ4n) is 3.89. The van der Waals surface area contributed by atoms with E-state index in [-0.39, 0.29) is 25.7 Å². The van der Waals surface area contributed by atoms with Gasteiger partial charge in [-0.3, -0.25) is 19.1 Å². The smallest absolute Gasteiger partial charge is 0.414 e. The second-order valence-electron chi connectivity index (χ2n) is 8.56. The topological polar surface area (TPSA) is 83.6 Å². The maximum Gasteiger partial charge on any atom is 0.414 e. The van der Waals surface area contributed by atoms with Crippen molar-refractivity contribution in [3.05, 3.63) is 90.0 Å². The Bertz CT molecular complexity index is 1240. The van der Waals surface area contributed by atoms with Gasteiger partial charge < -0.3 is 15.4 Å². The zero-order valence-electron chi connectivity index (χ0n) is 20.2. The molecule has 1 aliphatic rings. The molecule has 1 saturated heterocycles. The number of pyridine rings is 1. The number of hydrogen-bond acceptors (Lipinski definition) is 5. The number of anilines is 1. The van der Waals surface area contributed by atoms with Crippen LogP contribution in [-0.4, -0.2) is 49.4 Å². The number of aromatic nitrogens is 1. The Morgan fingerprint density at radius 3 is 2.76 bits per heavy atom. The van der Waals surface area contributed by atoms with Gasteiger partial charge >= 0.3 is 6.09 Å². The molecule has 3 aromatic rings. The van der Waals surface area contributed by atoms with Crippen molar-refractivity contribution in [2.24, 2.45) is 0 Å². The largest absolute Gasteiger partial charge is 0.442 e. The number of carbonyl (C=O) groups is 2. The van der Waals surface area contributed by atoms with Crippen LogP contribution in [0.25, 0.3) is 17.2 Å². The number of ether oxygens (including phenoxy) is 1. The van der Waals surface area contributed by atoms with E-state index in [0.717, 1.165) is 11.1 Å². The fourth-order valence-corrected chi connectivity index (χ4v) is 3.89. The van der Waals surface area contributed by atoms with Crippen LogP contribution in [0.1, 0.15) is 17.5 Å². The first-order valence-electron chi connectivity index (χ1n) is 12.0. The quantitative estimate of drug-likeness (QED) is 0.296. The maximum atomic E-state index is 15.0. The van der Waals surface area contributed by atoms with E-state index in [9.17, 15) is 18.4 Å². The Morgan fingerprint density at radius 1 is 1.19 bits per heavy atom. The van der Waals surface area contributed by atoms with E-state index in [1.807, 2.05) is 30.3 Å². The van der Waals surface area contributed by atoms with Gasteiger partial charge in [0, 0.05) is 30.6 Å². The third kappa shape index (κ3) is 7.20. The van der Waals surface area contributed by atoms with Crippen LogP contribution in [0.4, 0.5) is 19.3 Å². The van der Waals surface area contributed by atoms with Crippen molar-refractivity contribution in [3.63, 3.8) is 0 Å². The van der Waals surface area contributed by atoms with Crippen LogP contribution in [0, 0.1) is 5.82 Å². The van der Waals surface area contributed by atoms with E-state index in [4.69, 9.17) is 4.74 Å². The van der Waals surface area contributed by atoms with Crippen LogP contribution in [0.5, 0.6) is 0 Å². The summed E-state index contributed by atoms with van der Waals surface area (Å²) in [6.07, 6.45) is 5.62. The predicted molar refractivity (Wildman–Crippen MR) is 138 cm³/mol. The molecule has 0 aliphatic carbocycles. The molecule has 37 heavy (non-hydrogen) atoms. The standard InChI is InChI=1S/C28H28F2N4O3/c29-12-2-14-32-17-21-4-7-22(8-5-21)25-10-9-23(15-26(25)30)34-19-24(37-28(34)36)18-33-27(35)11-6-20-3-1-13-31-16-20/h1,3-11,13,15-16,24,32H,2,12,14,17-19H2,(H,33,35)/b11-6+. The molecule has 1 aliphatic heterocycles. The number of halogens is 2. The minimum absolute atomic E-state index is 0.133. The van der Waals surface area contributed by atoms with Gasteiger partial charge in [-0.2, -0.15) is 0 Å². The van der Waals surface area contributed by atoms with E-state index in [1.54, 1.807) is 36.7 Å². The number of hydrogen-bond donors (Lipinski definition) is 2. The van der Waals surface area contributed by atoms with Crippen LogP contribution in [0.3, 0.4) is 0 Å². The molecular formula is C28H28F2N4O3. The second kappa shape index (κ2) is 12.7. The Labute approximate surface area is 214 Å². The first kappa shape index (κ1) is 26.0. The molecule has 1 aromatic heterocycles. The Hall–Kier alpha value is -4.11. The van der Waals surface area contributed by atoms with Crippen LogP contribution < -0.4 is 15.5 Å². The Morgan fingerprint density at radius 2 is 2.03 bits per heavy atom. The summed E-state index contributed by atoms with van der Waals surface area (Å²) < 4.78 is 32.5. The van der Waals surface area contributed by atoms with Gasteiger partial charge in [-0.15, -0.1) is 0 Å². The molecule has 1 fully saturated rings. The van der Waals surface area contributed by atoms with Crippen molar-refractivity contribution in [2.75, 3.05) is 31.2 Å². The third-order valence-electron chi connectivity index (χ3n) is 5.84. The van der Waals surface area contributed by atoms with Crippen molar-refractivity contribution in [2.45, 2.75) is 19.1 Å². The summed E-state index contributed by atoms with van der Waals surface area (Å²) in [7, 11) is 0. The van der Waals surface area contributed by atoms with Gasteiger partial charge in [0.05, 0.1) is 25.5 Å². The summed E-state index contributed by atoms with van der Waals surface area (Å²) in [6.45, 7) is 1.19. The number of nitrogens with zero attached hydrogens (tertiary/aromatic N) is 2. The van der Waals surface area contributed by atoms with Crippen LogP contribution in [-0.2, 0) is 16.1 Å². The summed E-state index contributed by atoms with van der Waals surface area (Å²) >= 11 is 0. The van der Waals surface area contributed by atoms with Gasteiger partial charge in [0.1, 0.15) is 11.9 Å². The molecule has 0 radical (unpaired) electrons. The molecule has 192 valence electrons. The summed E-state index contributed by atoms with van der Waals surface area (Å²) in [5, 5.41) is 5.86. The lowest BCUT2D eigenvalue weighted by molar-refractivity contribution is -0.116. The average molecular weight is 507 g/mol. The molecule has 0 spiro atoms. The Balaban J connectivity index is 1.31. The minimum atomic E-state index is -0.595. The van der Waals surface area contributed by atoms with Crippen molar-refractivity contribution in [1.82, 2.24) is 15.6 Å². The minimum Gasteiger partial charge on any atom is -0.442 e. The van der Waals surface area contributed by atoms with E-state index >= 15 is 0 Å². The lowest BCUT2D eigenvalue weighted by Gasteiger charge is -2.15. The molecule has 2 heterocycles. The summed E-state index contributed by atoms with van der Waals surface area (Å²) in [5.74, 6) is -0.785. The van der Waals surface area contributed by atoms with Crippen LogP contribution in [0.2, 0.25) is 0 Å². The van der Waals surface area contributed by atoms with Crippen molar-refractivity contribution in [1.29, 1.82) is 0 Å². The van der Waals surface area contributed by atoms with Gasteiger partial charge in [0.15, 0.2) is 0 Å². The number of amides is 2. The highest BCUT2D eigenvalue weighted by molar-refractivity contribution is 5.92. The molecule has 2 amide bonds. The second-order valence-corrected chi connectivity index (χ2v) is 8.56. The summed E-state index contributed by atoms with van der Waals surface area (Å²) in [5.41, 5.74) is 3.31. The lowest BCUT2D eigenvalue weighted by atomic mass is 10.0. The molecule has 2 N–H and O–H groups in total. The van der Waals surface area contributed by atoms with Gasteiger partial charge in [-0.05, 0) is 60.0 Å². The maximum absolute atomic E-state index is 15.0. The molecule has 7 nitrogen and oxygen atoms in total. The molecule has 4 rings (SSSR count). The average Bonchev–Trinajstić information content (AvgIpc) is 3.30. The third-order valence-corrected chi connectivity index (χ3v) is 5.84. The summed E-state index contributed by atoms with van der Waals surface area (Å²) in [6, 6.07) is 15.7. The normalized spacial score (nSPS) is 15.2. The number of nitrogens with one attached hydrogen (secondary N) is 2. The number of carbonyl (C=O) groups excluding carboxylic acids is 2. The molecular weight excluding hydrogens is 478 g/mol. The lowest BCUT2D eigenvalue weighted by Crippen LogP contribution is -2.33. The van der Waals surface area contributed by atoms with Gasteiger partial charge in [0.2, 0.25) is 5.91 Å². The summed E-state index contributed by atoms with van der Waals surface area (Å²) in [4.78, 5) is 29.8. The Kier molecular flexibility index (Phi) is 8.93. The molecule has 1 unspecified atom stereocenters. The zero-order valence-corrected chi connectivity index (χ0v) is 20.2. The number of rotatable bonds is 11. The SMILES string of the molecule is O=C(/C=C/c1cccnc1)NCC1CN(c2ccc(-c3ccc(CNCCCF)cc3)c(F)c2)C(=O)O1. The first-order valence-corrected chi connectivity index (χ1v) is 12.0. The van der Waals surface area contributed by atoms with Crippen molar-refractivity contribution >= 4 is 23.8 Å². The molecule has 0 saturated carbocycles. The van der Waals surface area contributed by atoms with E-state index in [0.29, 0.717) is 36.3 Å². The van der Waals surface area contributed by atoms with Crippen molar-refractivity contribution in [3.8, 4) is 11.1 Å². The van der Waals surface area contributed by atoms with Crippen LogP contribution >= 0.6 is 0 Å². The highest BCUT2D eigenvalue weighted by Gasteiger charge is 2.32. The number of alkyl halides is 1. The van der Waals surface area contributed by atoms with Gasteiger partial charge in [-0.25, -0.2) is 9.18 Å². The molecule has 2 aromatic carbocycles. The monoisotopic (exact) mass is 506 g/mol. The number of benzene rings is 2. The highest BCUT2D eigenvalue weighted by atomic mass is 19.1. The number of cyclic esters (lactones) is 1. The predicted octanol–water partition coefficient (Wildman–Crippen LogP) is 4.49. The molecule has 9 heteroatoms. The van der Waals surface area contributed by atoms with E-state index < -0.39 is 18.0 Å². The highest BCUT2D eigenvalue weighted by Crippen LogP contribution is 2.29.